The Bertz CT molecular complexity index is 1080. The fourth-order valence-electron chi connectivity index (χ4n) is 5.01. The van der Waals surface area contributed by atoms with Crippen molar-refractivity contribution in [3.8, 4) is 0 Å². The number of piperidine rings is 1. The number of ether oxygens (including phenoxy) is 1. The third kappa shape index (κ3) is 4.27. The fourth-order valence-corrected chi connectivity index (χ4v) is 5.01. The van der Waals surface area contributed by atoms with Crippen molar-refractivity contribution in [2.75, 3.05) is 31.1 Å². The van der Waals surface area contributed by atoms with Crippen molar-refractivity contribution in [1.82, 2.24) is 14.7 Å². The minimum atomic E-state index is -0.453. The molecule has 0 saturated carbocycles. The average Bonchev–Trinajstić information content (AvgIpc) is 3.13. The molecule has 1 unspecified atom stereocenters. The number of morpholine rings is 1. The van der Waals surface area contributed by atoms with Crippen molar-refractivity contribution < 1.29 is 9.53 Å². The predicted octanol–water partition coefficient (Wildman–Crippen LogP) is 3.82. The molecule has 7 heteroatoms. The molecule has 0 bridgehead atoms. The highest BCUT2D eigenvalue weighted by atomic mass is 35.5. The van der Waals surface area contributed by atoms with E-state index in [1.54, 1.807) is 0 Å². The van der Waals surface area contributed by atoms with Crippen LogP contribution < -0.4 is 4.90 Å². The van der Waals surface area contributed by atoms with E-state index in [1.807, 2.05) is 47.8 Å². The Morgan fingerprint density at radius 1 is 1.06 bits per heavy atom. The first kappa shape index (κ1) is 22.8. The summed E-state index contributed by atoms with van der Waals surface area (Å²) in [6.07, 6.45) is 2.47. The summed E-state index contributed by atoms with van der Waals surface area (Å²) in [5, 5.41) is 5.73. The number of benzene rings is 2. The topological polar surface area (TPSA) is 50.6 Å². The van der Waals surface area contributed by atoms with Crippen LogP contribution in [-0.2, 0) is 23.0 Å². The van der Waals surface area contributed by atoms with Gasteiger partial charge in [-0.3, -0.25) is 14.4 Å². The summed E-state index contributed by atoms with van der Waals surface area (Å²) in [7, 11) is 1.93. The molecule has 1 amide bonds. The number of nitrogens with zero attached hydrogens (tertiary/aromatic N) is 4. The van der Waals surface area contributed by atoms with Gasteiger partial charge in [0.1, 0.15) is 6.10 Å². The van der Waals surface area contributed by atoms with E-state index in [-0.39, 0.29) is 23.9 Å². The van der Waals surface area contributed by atoms with Crippen LogP contribution in [0.2, 0.25) is 0 Å². The van der Waals surface area contributed by atoms with E-state index < -0.39 is 6.10 Å². The normalized spacial score (nSPS) is 21.1. The second kappa shape index (κ2) is 9.22. The molecule has 32 heavy (non-hydrogen) atoms. The van der Waals surface area contributed by atoms with Crippen LogP contribution >= 0.6 is 12.4 Å². The van der Waals surface area contributed by atoms with Crippen LogP contribution in [0.4, 0.5) is 5.82 Å². The van der Waals surface area contributed by atoms with Gasteiger partial charge in [-0.1, -0.05) is 42.5 Å². The Morgan fingerprint density at radius 2 is 1.75 bits per heavy atom. The van der Waals surface area contributed by atoms with E-state index in [1.165, 1.54) is 5.56 Å². The SMILES string of the molecule is CC1OC2(CCN(CCc3ccccc3)CC2)CN(c2nn(C)c3ccccc23)C1=O.Cl. The van der Waals surface area contributed by atoms with Crippen LogP contribution in [0.5, 0.6) is 0 Å². The Morgan fingerprint density at radius 3 is 2.50 bits per heavy atom. The van der Waals surface area contributed by atoms with Crippen LogP contribution in [0, 0.1) is 0 Å². The lowest BCUT2D eigenvalue weighted by atomic mass is 9.88. The van der Waals surface area contributed by atoms with E-state index >= 15 is 0 Å². The maximum Gasteiger partial charge on any atom is 0.257 e. The summed E-state index contributed by atoms with van der Waals surface area (Å²) < 4.78 is 8.21. The quantitative estimate of drug-likeness (QED) is 0.601. The number of carbonyl (C=O) groups excluding carboxylic acids is 1. The van der Waals surface area contributed by atoms with Gasteiger partial charge in [0.05, 0.1) is 17.7 Å². The zero-order valence-corrected chi connectivity index (χ0v) is 19.6. The molecular weight excluding hydrogens is 424 g/mol. The van der Waals surface area contributed by atoms with Gasteiger partial charge in [-0.25, -0.2) is 0 Å². The smallest absolute Gasteiger partial charge is 0.257 e. The van der Waals surface area contributed by atoms with Gasteiger partial charge in [-0.05, 0) is 43.9 Å². The second-order valence-corrected chi connectivity index (χ2v) is 8.91. The molecule has 3 heterocycles. The molecule has 1 aromatic heterocycles. The number of likely N-dealkylation sites (tertiary alicyclic amines) is 1. The monoisotopic (exact) mass is 454 g/mol. The van der Waals surface area contributed by atoms with Gasteiger partial charge in [0, 0.05) is 32.1 Å². The molecule has 5 rings (SSSR count). The van der Waals surface area contributed by atoms with Crippen molar-refractivity contribution in [3.05, 3.63) is 60.2 Å². The molecule has 1 atom stereocenters. The van der Waals surface area contributed by atoms with E-state index in [2.05, 4.69) is 35.2 Å². The van der Waals surface area contributed by atoms with Gasteiger partial charge in [-0.15, -0.1) is 12.4 Å². The number of aromatic nitrogens is 2. The maximum atomic E-state index is 13.1. The fraction of sp³-hybridized carbons (Fsp3) is 0.440. The summed E-state index contributed by atoms with van der Waals surface area (Å²) in [5.41, 5.74) is 2.12. The number of aryl methyl sites for hydroxylation is 1. The first-order valence-corrected chi connectivity index (χ1v) is 11.2. The number of halogens is 1. The lowest BCUT2D eigenvalue weighted by molar-refractivity contribution is -0.161. The first-order valence-electron chi connectivity index (χ1n) is 11.2. The number of carbonyl (C=O) groups is 1. The number of anilines is 1. The van der Waals surface area contributed by atoms with Crippen molar-refractivity contribution in [1.29, 1.82) is 0 Å². The third-order valence-electron chi connectivity index (χ3n) is 6.81. The predicted molar refractivity (Wildman–Crippen MR) is 129 cm³/mol. The molecular formula is C25H31ClN4O2. The molecule has 2 aromatic carbocycles. The largest absolute Gasteiger partial charge is 0.360 e. The second-order valence-electron chi connectivity index (χ2n) is 8.91. The zero-order valence-electron chi connectivity index (χ0n) is 18.7. The molecule has 0 N–H and O–H groups in total. The van der Waals surface area contributed by atoms with E-state index in [0.717, 1.165) is 55.6 Å². The Hall–Kier alpha value is -2.41. The molecule has 0 radical (unpaired) electrons. The van der Waals surface area contributed by atoms with E-state index in [0.29, 0.717) is 6.54 Å². The maximum absolute atomic E-state index is 13.1. The Labute approximate surface area is 195 Å². The van der Waals surface area contributed by atoms with Crippen molar-refractivity contribution >= 4 is 35.0 Å². The van der Waals surface area contributed by atoms with Gasteiger partial charge in [0.15, 0.2) is 5.82 Å². The summed E-state index contributed by atoms with van der Waals surface area (Å²) >= 11 is 0. The molecule has 1 spiro atoms. The number of fused-ring (bicyclic) bond motifs is 1. The molecule has 170 valence electrons. The first-order chi connectivity index (χ1) is 15.0. The van der Waals surface area contributed by atoms with Crippen LogP contribution in [0.3, 0.4) is 0 Å². The van der Waals surface area contributed by atoms with Crippen molar-refractivity contribution in [2.24, 2.45) is 7.05 Å². The summed E-state index contributed by atoms with van der Waals surface area (Å²) in [6, 6.07) is 18.7. The van der Waals surface area contributed by atoms with Gasteiger partial charge in [0.25, 0.3) is 5.91 Å². The number of hydrogen-bond donors (Lipinski definition) is 0. The standard InChI is InChI=1S/C25H30N4O2.ClH/c1-19-24(30)29(23-21-10-6-7-11-22(21)27(2)26-23)18-25(31-19)13-16-28(17-14-25)15-12-20-8-4-3-5-9-20;/h3-11,19H,12-18H2,1-2H3;1H. The van der Waals surface area contributed by atoms with Crippen LogP contribution in [0.25, 0.3) is 10.9 Å². The zero-order chi connectivity index (χ0) is 21.4. The molecule has 2 saturated heterocycles. The molecule has 2 fully saturated rings. The summed E-state index contributed by atoms with van der Waals surface area (Å²) in [6.45, 7) is 5.49. The summed E-state index contributed by atoms with van der Waals surface area (Å²) in [4.78, 5) is 17.5. The highest BCUT2D eigenvalue weighted by Gasteiger charge is 2.46. The Kier molecular flexibility index (Phi) is 6.56. The van der Waals surface area contributed by atoms with E-state index in [4.69, 9.17) is 9.84 Å². The number of amides is 1. The van der Waals surface area contributed by atoms with Crippen molar-refractivity contribution in [3.63, 3.8) is 0 Å². The molecule has 2 aliphatic rings. The van der Waals surface area contributed by atoms with E-state index in [9.17, 15) is 4.79 Å². The van der Waals surface area contributed by atoms with Gasteiger partial charge >= 0.3 is 0 Å². The van der Waals surface area contributed by atoms with Crippen LogP contribution in [-0.4, -0.2) is 58.5 Å². The third-order valence-corrected chi connectivity index (χ3v) is 6.81. The lowest BCUT2D eigenvalue weighted by Crippen LogP contribution is -2.61. The van der Waals surface area contributed by atoms with Gasteiger partial charge < -0.3 is 9.64 Å². The van der Waals surface area contributed by atoms with Gasteiger partial charge in [0.2, 0.25) is 0 Å². The summed E-state index contributed by atoms with van der Waals surface area (Å²) in [5.74, 6) is 0.755. The molecule has 3 aromatic rings. The molecule has 6 nitrogen and oxygen atoms in total. The van der Waals surface area contributed by atoms with Crippen LogP contribution in [0.15, 0.2) is 54.6 Å². The molecule has 2 aliphatic heterocycles. The van der Waals surface area contributed by atoms with Gasteiger partial charge in [-0.2, -0.15) is 5.10 Å². The van der Waals surface area contributed by atoms with Crippen LogP contribution in [0.1, 0.15) is 25.3 Å². The number of para-hydroxylation sites is 1. The minimum Gasteiger partial charge on any atom is -0.360 e. The minimum absolute atomic E-state index is 0. The highest BCUT2D eigenvalue weighted by molar-refractivity contribution is 6.03. The highest BCUT2D eigenvalue weighted by Crippen LogP contribution is 2.36. The Balaban J connectivity index is 0.00000245. The lowest BCUT2D eigenvalue weighted by Gasteiger charge is -2.48. The van der Waals surface area contributed by atoms with Crippen molar-refractivity contribution in [2.45, 2.75) is 37.9 Å². The number of hydrogen-bond acceptors (Lipinski definition) is 4. The average molecular weight is 455 g/mol. The molecule has 0 aliphatic carbocycles. The number of rotatable bonds is 4.